The molecule has 158 valence electrons. The number of rotatable bonds is 4. The first-order chi connectivity index (χ1) is 14.4. The summed E-state index contributed by atoms with van der Waals surface area (Å²) in [6.45, 7) is 0.851. The highest BCUT2D eigenvalue weighted by atomic mass is 16.2. The Morgan fingerprint density at radius 1 is 1.13 bits per heavy atom. The van der Waals surface area contributed by atoms with Crippen LogP contribution in [0.5, 0.6) is 0 Å². The van der Waals surface area contributed by atoms with Crippen molar-refractivity contribution in [2.45, 2.75) is 44.1 Å². The van der Waals surface area contributed by atoms with E-state index in [4.69, 9.17) is 0 Å². The van der Waals surface area contributed by atoms with Crippen molar-refractivity contribution in [3.63, 3.8) is 0 Å². The Hall–Kier alpha value is -3.24. The lowest BCUT2D eigenvalue weighted by Crippen LogP contribution is -2.46. The van der Waals surface area contributed by atoms with Crippen LogP contribution in [-0.4, -0.2) is 57.8 Å². The molecule has 1 saturated heterocycles. The number of aromatic nitrogens is 7. The molecule has 0 unspecified atom stereocenters. The zero-order valence-electron chi connectivity index (χ0n) is 17.0. The molecule has 1 aliphatic carbocycles. The van der Waals surface area contributed by atoms with Crippen LogP contribution in [0.2, 0.25) is 0 Å². The van der Waals surface area contributed by atoms with Crippen LogP contribution in [0.15, 0.2) is 15.9 Å². The van der Waals surface area contributed by atoms with E-state index in [0.29, 0.717) is 30.2 Å². The number of nitrogens with one attached hydrogen (secondary N) is 1. The molecule has 3 aromatic heterocycles. The van der Waals surface area contributed by atoms with Crippen molar-refractivity contribution in [2.75, 3.05) is 13.1 Å². The first-order valence-corrected chi connectivity index (χ1v) is 10.2. The van der Waals surface area contributed by atoms with Gasteiger partial charge in [0, 0.05) is 39.0 Å². The van der Waals surface area contributed by atoms with Gasteiger partial charge in [0.05, 0.1) is 6.33 Å². The number of likely N-dealkylation sites (tertiary alicyclic amines) is 1. The Labute approximate surface area is 171 Å². The van der Waals surface area contributed by atoms with E-state index in [9.17, 15) is 14.4 Å². The fourth-order valence-corrected chi connectivity index (χ4v) is 4.17. The maximum atomic E-state index is 12.8. The quantitative estimate of drug-likeness (QED) is 0.635. The number of aryl methyl sites for hydroxylation is 2. The standard InChI is InChI=1S/C19H24N8O3/c1-24-10-20-17-14(24)18(29)27(19(30)25(17)2)9-13(28)26-7-5-12(6-8-26)16-21-15(22-23-16)11-3-4-11/h10-12H,3-9H2,1-2H3,(H,21,22,23). The molecule has 2 aliphatic rings. The summed E-state index contributed by atoms with van der Waals surface area (Å²) in [4.78, 5) is 48.7. The van der Waals surface area contributed by atoms with Gasteiger partial charge in [-0.05, 0) is 25.7 Å². The van der Waals surface area contributed by atoms with Crippen LogP contribution < -0.4 is 11.2 Å². The number of imidazole rings is 1. The number of aromatic amines is 1. The third-order valence-electron chi connectivity index (χ3n) is 6.19. The van der Waals surface area contributed by atoms with E-state index in [1.54, 1.807) is 23.6 Å². The summed E-state index contributed by atoms with van der Waals surface area (Å²) < 4.78 is 3.87. The van der Waals surface area contributed by atoms with E-state index in [0.717, 1.165) is 41.9 Å². The van der Waals surface area contributed by atoms with Crippen molar-refractivity contribution in [3.05, 3.63) is 38.8 Å². The molecule has 0 spiro atoms. The molecule has 11 heteroatoms. The molecule has 0 aromatic carbocycles. The van der Waals surface area contributed by atoms with Crippen molar-refractivity contribution < 1.29 is 4.79 Å². The number of carbonyl (C=O) groups is 1. The lowest BCUT2D eigenvalue weighted by atomic mass is 9.96. The molecule has 2 fully saturated rings. The third kappa shape index (κ3) is 3.04. The minimum absolute atomic E-state index is 0.231. The first-order valence-electron chi connectivity index (χ1n) is 10.2. The molecule has 1 amide bonds. The zero-order valence-corrected chi connectivity index (χ0v) is 17.0. The molecular formula is C19H24N8O3. The molecule has 1 aliphatic heterocycles. The average molecular weight is 412 g/mol. The van der Waals surface area contributed by atoms with Gasteiger partial charge in [-0.3, -0.25) is 19.3 Å². The van der Waals surface area contributed by atoms with Crippen LogP contribution in [-0.2, 0) is 25.4 Å². The molecule has 30 heavy (non-hydrogen) atoms. The van der Waals surface area contributed by atoms with Gasteiger partial charge >= 0.3 is 5.69 Å². The van der Waals surface area contributed by atoms with Gasteiger partial charge in [0.2, 0.25) is 5.91 Å². The summed E-state index contributed by atoms with van der Waals surface area (Å²) >= 11 is 0. The number of amides is 1. The molecule has 3 aromatic rings. The van der Waals surface area contributed by atoms with Gasteiger partial charge in [0.1, 0.15) is 12.4 Å². The number of nitrogens with zero attached hydrogens (tertiary/aromatic N) is 7. The van der Waals surface area contributed by atoms with Gasteiger partial charge in [-0.1, -0.05) is 0 Å². The lowest BCUT2D eigenvalue weighted by molar-refractivity contribution is -0.133. The second-order valence-electron chi connectivity index (χ2n) is 8.27. The molecular weight excluding hydrogens is 388 g/mol. The largest absolute Gasteiger partial charge is 0.341 e. The number of carbonyl (C=O) groups excluding carboxylic acids is 1. The Morgan fingerprint density at radius 2 is 1.87 bits per heavy atom. The maximum Gasteiger partial charge on any atom is 0.332 e. The summed E-state index contributed by atoms with van der Waals surface area (Å²) in [5.74, 6) is 2.33. The lowest BCUT2D eigenvalue weighted by Gasteiger charge is -2.31. The second-order valence-corrected chi connectivity index (χ2v) is 8.27. The number of H-pyrrole nitrogens is 1. The fourth-order valence-electron chi connectivity index (χ4n) is 4.17. The van der Waals surface area contributed by atoms with Gasteiger partial charge in [0.25, 0.3) is 5.56 Å². The van der Waals surface area contributed by atoms with E-state index >= 15 is 0 Å². The normalized spacial score (nSPS) is 17.7. The Morgan fingerprint density at radius 3 is 2.57 bits per heavy atom. The Kier molecular flexibility index (Phi) is 4.33. The molecule has 0 atom stereocenters. The van der Waals surface area contributed by atoms with Gasteiger partial charge in [0.15, 0.2) is 17.0 Å². The van der Waals surface area contributed by atoms with E-state index in [-0.39, 0.29) is 18.4 Å². The fraction of sp³-hybridized carbons (Fsp3) is 0.579. The monoisotopic (exact) mass is 412 g/mol. The van der Waals surface area contributed by atoms with Crippen LogP contribution in [0.3, 0.4) is 0 Å². The van der Waals surface area contributed by atoms with Crippen LogP contribution in [0.25, 0.3) is 11.2 Å². The Bertz CT molecular complexity index is 1240. The van der Waals surface area contributed by atoms with Gasteiger partial charge < -0.3 is 9.47 Å². The Balaban J connectivity index is 1.30. The average Bonchev–Trinajstić information content (AvgIpc) is 3.35. The van der Waals surface area contributed by atoms with Gasteiger partial charge in [-0.2, -0.15) is 5.10 Å². The maximum absolute atomic E-state index is 12.8. The number of hydrogen-bond acceptors (Lipinski definition) is 6. The van der Waals surface area contributed by atoms with Crippen molar-refractivity contribution >= 4 is 17.1 Å². The third-order valence-corrected chi connectivity index (χ3v) is 6.19. The highest BCUT2D eigenvalue weighted by Crippen LogP contribution is 2.38. The topological polar surface area (TPSA) is 124 Å². The number of fused-ring (bicyclic) bond motifs is 1. The molecule has 0 radical (unpaired) electrons. The van der Waals surface area contributed by atoms with Gasteiger partial charge in [-0.25, -0.2) is 19.3 Å². The first kappa shape index (κ1) is 18.8. The molecule has 1 N–H and O–H groups in total. The summed E-state index contributed by atoms with van der Waals surface area (Å²) in [7, 11) is 3.24. The van der Waals surface area contributed by atoms with Gasteiger partial charge in [-0.15, -0.1) is 0 Å². The van der Waals surface area contributed by atoms with Crippen molar-refractivity contribution in [1.29, 1.82) is 0 Å². The van der Waals surface area contributed by atoms with E-state index < -0.39 is 11.2 Å². The van der Waals surface area contributed by atoms with Crippen LogP contribution in [0.1, 0.15) is 49.2 Å². The number of piperidine rings is 1. The van der Waals surface area contributed by atoms with Crippen molar-refractivity contribution in [2.24, 2.45) is 14.1 Å². The summed E-state index contributed by atoms with van der Waals surface area (Å²) in [5.41, 5.74) is -0.413. The molecule has 1 saturated carbocycles. The van der Waals surface area contributed by atoms with Crippen molar-refractivity contribution in [3.8, 4) is 0 Å². The minimum Gasteiger partial charge on any atom is -0.341 e. The van der Waals surface area contributed by atoms with E-state index in [2.05, 4.69) is 20.2 Å². The summed E-state index contributed by atoms with van der Waals surface area (Å²) in [6.07, 6.45) is 5.36. The molecule has 4 heterocycles. The molecule has 5 rings (SSSR count). The molecule has 0 bridgehead atoms. The van der Waals surface area contributed by atoms with Crippen LogP contribution in [0, 0.1) is 0 Å². The van der Waals surface area contributed by atoms with E-state index in [1.165, 1.54) is 10.9 Å². The SMILES string of the molecule is Cn1cnc2c1c(=O)n(CC(=O)N1CCC(c3nc(C4CC4)n[nH]3)CC1)c(=O)n2C. The van der Waals surface area contributed by atoms with Crippen LogP contribution >= 0.6 is 0 Å². The minimum atomic E-state index is -0.538. The zero-order chi connectivity index (χ0) is 21.0. The molecule has 11 nitrogen and oxygen atoms in total. The predicted octanol–water partition coefficient (Wildman–Crippen LogP) is -0.165. The van der Waals surface area contributed by atoms with Crippen molar-refractivity contribution in [1.82, 2.24) is 38.8 Å². The summed E-state index contributed by atoms with van der Waals surface area (Å²) in [5, 5.41) is 7.38. The van der Waals surface area contributed by atoms with E-state index in [1.807, 2.05) is 0 Å². The highest BCUT2D eigenvalue weighted by Gasteiger charge is 2.31. The van der Waals surface area contributed by atoms with Crippen LogP contribution in [0.4, 0.5) is 0 Å². The number of hydrogen-bond donors (Lipinski definition) is 1. The predicted molar refractivity (Wildman–Crippen MR) is 107 cm³/mol. The smallest absolute Gasteiger partial charge is 0.332 e. The summed E-state index contributed by atoms with van der Waals surface area (Å²) in [6, 6.07) is 0. The highest BCUT2D eigenvalue weighted by molar-refractivity contribution is 5.77. The second kappa shape index (κ2) is 6.92.